The maximum atomic E-state index is 12.4. The quantitative estimate of drug-likeness (QED) is 0.705. The third kappa shape index (κ3) is 3.13. The lowest BCUT2D eigenvalue weighted by Crippen LogP contribution is -2.26. The van der Waals surface area contributed by atoms with Gasteiger partial charge in [0, 0.05) is 12.1 Å². The fourth-order valence-electron chi connectivity index (χ4n) is 1.58. The van der Waals surface area contributed by atoms with Gasteiger partial charge in [-0.1, -0.05) is 11.6 Å². The molecule has 2 N–H and O–H groups in total. The van der Waals surface area contributed by atoms with Crippen LogP contribution in [0.1, 0.15) is 10.4 Å². The number of carbonyl (C=O) groups is 1. The lowest BCUT2D eigenvalue weighted by Gasteiger charge is -2.19. The third-order valence-corrected chi connectivity index (χ3v) is 5.12. The van der Waals surface area contributed by atoms with Crippen LogP contribution in [-0.4, -0.2) is 13.0 Å². The lowest BCUT2D eigenvalue weighted by molar-refractivity contribution is 0.0993. The van der Waals surface area contributed by atoms with E-state index in [-0.39, 0.29) is 5.91 Å². The maximum absolute atomic E-state index is 12.4. The summed E-state index contributed by atoms with van der Waals surface area (Å²) in [5, 5.41) is 0.536. The summed E-state index contributed by atoms with van der Waals surface area (Å²) in [7, 11) is 1.67. The lowest BCUT2D eigenvalue weighted by atomic mass is 10.2. The van der Waals surface area contributed by atoms with Gasteiger partial charge in [-0.3, -0.25) is 4.79 Å². The Labute approximate surface area is 136 Å². The summed E-state index contributed by atoms with van der Waals surface area (Å²) in [4.78, 5) is 13.9. The van der Waals surface area contributed by atoms with Crippen molar-refractivity contribution in [1.29, 1.82) is 0 Å². The molecule has 0 unspecified atom stereocenters. The van der Waals surface area contributed by atoms with Crippen molar-refractivity contribution in [2.75, 3.05) is 17.7 Å². The molecule has 0 aliphatic heterocycles. The highest BCUT2D eigenvalue weighted by Gasteiger charge is 2.20. The highest BCUT2D eigenvalue weighted by atomic mass is 79.9. The second-order valence-corrected chi connectivity index (χ2v) is 7.99. The number of nitrogens with zero attached hydrogens (tertiary/aromatic N) is 1. The number of nitrogens with two attached hydrogens (primary N) is 1. The fraction of sp³-hybridized carbons (Fsp3) is 0.0833. The second kappa shape index (κ2) is 5.83. The molecule has 0 bridgehead atoms. The molecule has 2 aromatic rings. The Balaban J connectivity index is 2.39. The SMILES string of the molecule is CN(C(=O)c1cc(Br)sc1Br)c1cc(Cl)ccc1N. The number of hydrogen-bond acceptors (Lipinski definition) is 3. The van der Waals surface area contributed by atoms with Crippen LogP contribution < -0.4 is 10.6 Å². The smallest absolute Gasteiger partial charge is 0.260 e. The van der Waals surface area contributed by atoms with Crippen LogP contribution in [0.5, 0.6) is 0 Å². The van der Waals surface area contributed by atoms with E-state index in [1.165, 1.54) is 16.2 Å². The number of rotatable bonds is 2. The van der Waals surface area contributed by atoms with E-state index in [1.54, 1.807) is 31.3 Å². The Bertz CT molecular complexity index is 645. The Kier molecular flexibility index (Phi) is 4.55. The largest absolute Gasteiger partial charge is 0.397 e. The zero-order chi connectivity index (χ0) is 14.2. The first-order chi connectivity index (χ1) is 8.90. The molecule has 100 valence electrons. The minimum absolute atomic E-state index is 0.150. The van der Waals surface area contributed by atoms with Crippen LogP contribution in [0.15, 0.2) is 31.8 Å². The molecular formula is C12H9Br2ClN2OS. The predicted molar refractivity (Wildman–Crippen MR) is 88.3 cm³/mol. The van der Waals surface area contributed by atoms with E-state index < -0.39 is 0 Å². The number of anilines is 2. The van der Waals surface area contributed by atoms with Crippen LogP contribution in [0.4, 0.5) is 11.4 Å². The highest BCUT2D eigenvalue weighted by molar-refractivity contribution is 9.12. The fourth-order valence-corrected chi connectivity index (χ4v) is 4.53. The summed E-state index contributed by atoms with van der Waals surface area (Å²) in [6.07, 6.45) is 0. The van der Waals surface area contributed by atoms with Crippen molar-refractivity contribution in [3.05, 3.63) is 42.4 Å². The molecule has 0 saturated heterocycles. The van der Waals surface area contributed by atoms with Crippen LogP contribution in [-0.2, 0) is 0 Å². The van der Waals surface area contributed by atoms with Gasteiger partial charge in [0.05, 0.1) is 24.5 Å². The molecule has 0 fully saturated rings. The molecule has 1 amide bonds. The van der Waals surface area contributed by atoms with E-state index in [2.05, 4.69) is 31.9 Å². The first-order valence-electron chi connectivity index (χ1n) is 5.18. The van der Waals surface area contributed by atoms with Gasteiger partial charge in [-0.25, -0.2) is 0 Å². The molecule has 19 heavy (non-hydrogen) atoms. The third-order valence-electron chi connectivity index (χ3n) is 2.55. The average molecular weight is 425 g/mol. The topological polar surface area (TPSA) is 46.3 Å². The number of amides is 1. The van der Waals surface area contributed by atoms with E-state index in [0.29, 0.717) is 22.0 Å². The number of benzene rings is 1. The molecule has 1 aromatic carbocycles. The van der Waals surface area contributed by atoms with Gasteiger partial charge >= 0.3 is 0 Å². The van der Waals surface area contributed by atoms with Crippen molar-refractivity contribution in [2.45, 2.75) is 0 Å². The van der Waals surface area contributed by atoms with Gasteiger partial charge in [-0.15, -0.1) is 11.3 Å². The highest BCUT2D eigenvalue weighted by Crippen LogP contribution is 2.34. The van der Waals surface area contributed by atoms with Gasteiger partial charge < -0.3 is 10.6 Å². The van der Waals surface area contributed by atoms with E-state index in [1.807, 2.05) is 0 Å². The molecule has 0 saturated carbocycles. The summed E-state index contributed by atoms with van der Waals surface area (Å²) >= 11 is 14.1. The second-order valence-electron chi connectivity index (χ2n) is 3.81. The molecule has 2 rings (SSSR count). The molecule has 0 aliphatic rings. The molecule has 3 nitrogen and oxygen atoms in total. The van der Waals surface area contributed by atoms with E-state index in [4.69, 9.17) is 17.3 Å². The summed E-state index contributed by atoms with van der Waals surface area (Å²) in [6.45, 7) is 0. The Morgan fingerprint density at radius 3 is 2.63 bits per heavy atom. The van der Waals surface area contributed by atoms with Crippen molar-refractivity contribution in [3.63, 3.8) is 0 Å². The van der Waals surface area contributed by atoms with E-state index >= 15 is 0 Å². The van der Waals surface area contributed by atoms with Crippen LogP contribution >= 0.6 is 54.8 Å². The number of nitrogen functional groups attached to an aromatic ring is 1. The van der Waals surface area contributed by atoms with Gasteiger partial charge in [0.25, 0.3) is 5.91 Å². The van der Waals surface area contributed by atoms with Crippen molar-refractivity contribution in [1.82, 2.24) is 0 Å². The average Bonchev–Trinajstić information content (AvgIpc) is 2.69. The van der Waals surface area contributed by atoms with Gasteiger partial charge in [-0.05, 0) is 56.1 Å². The van der Waals surface area contributed by atoms with Crippen molar-refractivity contribution in [2.24, 2.45) is 0 Å². The Morgan fingerprint density at radius 1 is 1.37 bits per heavy atom. The van der Waals surface area contributed by atoms with Gasteiger partial charge in [-0.2, -0.15) is 0 Å². The predicted octanol–water partition coefficient (Wildman–Crippen LogP) is 4.79. The van der Waals surface area contributed by atoms with Crippen LogP contribution in [0.25, 0.3) is 0 Å². The number of carbonyl (C=O) groups excluding carboxylic acids is 1. The normalized spacial score (nSPS) is 10.5. The molecule has 0 spiro atoms. The molecule has 7 heteroatoms. The number of thiophene rings is 1. The molecule has 0 radical (unpaired) electrons. The molecule has 0 aliphatic carbocycles. The van der Waals surface area contributed by atoms with Crippen molar-refractivity contribution >= 4 is 72.1 Å². The minimum Gasteiger partial charge on any atom is -0.397 e. The zero-order valence-electron chi connectivity index (χ0n) is 9.78. The van der Waals surface area contributed by atoms with Crippen molar-refractivity contribution in [3.8, 4) is 0 Å². The first kappa shape index (κ1) is 14.8. The number of hydrogen-bond donors (Lipinski definition) is 1. The molecular weight excluding hydrogens is 415 g/mol. The zero-order valence-corrected chi connectivity index (χ0v) is 14.5. The number of halogens is 3. The molecule has 1 heterocycles. The summed E-state index contributed by atoms with van der Waals surface area (Å²) in [5.41, 5.74) is 7.56. The summed E-state index contributed by atoms with van der Waals surface area (Å²) in [6, 6.07) is 6.81. The van der Waals surface area contributed by atoms with E-state index in [9.17, 15) is 4.79 Å². The standard InChI is InChI=1S/C12H9Br2ClN2OS/c1-17(9-4-6(15)2-3-8(9)16)12(18)7-5-10(13)19-11(7)14/h2-5H,16H2,1H3. The molecule has 0 atom stereocenters. The summed E-state index contributed by atoms with van der Waals surface area (Å²) < 4.78 is 1.66. The molecule has 1 aromatic heterocycles. The van der Waals surface area contributed by atoms with Crippen LogP contribution in [0.3, 0.4) is 0 Å². The van der Waals surface area contributed by atoms with Crippen LogP contribution in [0.2, 0.25) is 5.02 Å². The maximum Gasteiger partial charge on any atom is 0.260 e. The van der Waals surface area contributed by atoms with Crippen LogP contribution in [0, 0.1) is 0 Å². The first-order valence-corrected chi connectivity index (χ1v) is 7.96. The Hall–Kier alpha value is -0.560. The van der Waals surface area contributed by atoms with Gasteiger partial charge in [0.2, 0.25) is 0 Å². The summed E-state index contributed by atoms with van der Waals surface area (Å²) in [5.74, 6) is -0.150. The Morgan fingerprint density at radius 2 is 2.05 bits per heavy atom. The van der Waals surface area contributed by atoms with E-state index in [0.717, 1.165) is 7.57 Å². The van der Waals surface area contributed by atoms with Crippen molar-refractivity contribution < 1.29 is 4.79 Å². The monoisotopic (exact) mass is 422 g/mol. The minimum atomic E-state index is -0.150. The van der Waals surface area contributed by atoms with Gasteiger partial charge in [0.1, 0.15) is 0 Å². The van der Waals surface area contributed by atoms with Gasteiger partial charge in [0.15, 0.2) is 0 Å².